The minimum absolute atomic E-state index is 0.174. The zero-order chi connectivity index (χ0) is 15.1. The summed E-state index contributed by atoms with van der Waals surface area (Å²) in [5.74, 6) is 0. The van der Waals surface area contributed by atoms with Crippen LogP contribution in [-0.4, -0.2) is 23.7 Å². The first-order valence-corrected chi connectivity index (χ1v) is 6.99. The highest BCUT2D eigenvalue weighted by atomic mass is 79.9. The van der Waals surface area contributed by atoms with E-state index in [9.17, 15) is 9.59 Å². The molecule has 0 radical (unpaired) electrons. The molecule has 0 saturated carbocycles. The number of pyridine rings is 1. The summed E-state index contributed by atoms with van der Waals surface area (Å²) in [4.78, 5) is 33.0. The minimum atomic E-state index is -0.394. The van der Waals surface area contributed by atoms with Crippen LogP contribution < -0.4 is 11.2 Å². The van der Waals surface area contributed by atoms with E-state index < -0.39 is 5.69 Å². The molecule has 0 aliphatic carbocycles. The van der Waals surface area contributed by atoms with Crippen LogP contribution in [0.1, 0.15) is 5.56 Å². The summed E-state index contributed by atoms with van der Waals surface area (Å²) in [6.45, 7) is 0.174. The Morgan fingerprint density at radius 3 is 2.62 bits per heavy atom. The van der Waals surface area contributed by atoms with Crippen molar-refractivity contribution in [1.29, 1.82) is 0 Å². The standard InChI is InChI=1S/C13H12BrN5O2/c1-17-7-16-11-10(17)12(20)19(13(21)18(11)2)6-8-3-4-9(14)15-5-8/h3-5,7H,6H2,1-2H3. The van der Waals surface area contributed by atoms with E-state index in [1.165, 1.54) is 15.5 Å². The third kappa shape index (κ3) is 2.21. The molecule has 3 rings (SSSR count). The van der Waals surface area contributed by atoms with Gasteiger partial charge in [0.2, 0.25) is 0 Å². The molecule has 3 aromatic heterocycles. The van der Waals surface area contributed by atoms with Gasteiger partial charge < -0.3 is 4.57 Å². The highest BCUT2D eigenvalue weighted by Crippen LogP contribution is 2.08. The third-order valence-electron chi connectivity index (χ3n) is 3.33. The van der Waals surface area contributed by atoms with Crippen molar-refractivity contribution in [2.45, 2.75) is 6.54 Å². The van der Waals surface area contributed by atoms with Crippen LogP contribution in [0.3, 0.4) is 0 Å². The number of imidazole rings is 1. The number of hydrogen-bond acceptors (Lipinski definition) is 4. The van der Waals surface area contributed by atoms with Gasteiger partial charge in [-0.15, -0.1) is 0 Å². The largest absolute Gasteiger partial charge is 0.332 e. The highest BCUT2D eigenvalue weighted by molar-refractivity contribution is 9.10. The zero-order valence-electron chi connectivity index (χ0n) is 11.4. The van der Waals surface area contributed by atoms with Gasteiger partial charge in [-0.05, 0) is 27.6 Å². The van der Waals surface area contributed by atoms with Crippen molar-refractivity contribution >= 4 is 27.1 Å². The van der Waals surface area contributed by atoms with Gasteiger partial charge in [-0.1, -0.05) is 6.07 Å². The van der Waals surface area contributed by atoms with Gasteiger partial charge in [0.25, 0.3) is 5.56 Å². The molecule has 0 bridgehead atoms. The summed E-state index contributed by atoms with van der Waals surface area (Å²) in [5, 5.41) is 0. The molecule has 0 amide bonds. The monoisotopic (exact) mass is 349 g/mol. The lowest BCUT2D eigenvalue weighted by atomic mass is 10.3. The van der Waals surface area contributed by atoms with Crippen LogP contribution in [0.5, 0.6) is 0 Å². The smallest absolute Gasteiger partial charge is 0.328 e. The van der Waals surface area contributed by atoms with Crippen molar-refractivity contribution < 1.29 is 0 Å². The first kappa shape index (κ1) is 13.7. The second-order valence-electron chi connectivity index (χ2n) is 4.75. The molecule has 0 aliphatic heterocycles. The molecule has 21 heavy (non-hydrogen) atoms. The Morgan fingerprint density at radius 2 is 1.95 bits per heavy atom. The molecule has 108 valence electrons. The van der Waals surface area contributed by atoms with Crippen LogP contribution in [0.2, 0.25) is 0 Å². The predicted octanol–water partition coefficient (Wildman–Crippen LogP) is 0.639. The molecular formula is C13H12BrN5O2. The Bertz CT molecular complexity index is 936. The summed E-state index contributed by atoms with van der Waals surface area (Å²) < 4.78 is 4.89. The van der Waals surface area contributed by atoms with E-state index in [2.05, 4.69) is 25.9 Å². The maximum Gasteiger partial charge on any atom is 0.332 e. The van der Waals surface area contributed by atoms with Crippen molar-refractivity contribution in [3.05, 3.63) is 55.7 Å². The second kappa shape index (κ2) is 4.96. The number of nitrogens with zero attached hydrogens (tertiary/aromatic N) is 5. The molecule has 3 aromatic rings. The van der Waals surface area contributed by atoms with Crippen LogP contribution >= 0.6 is 15.9 Å². The Kier molecular flexibility index (Phi) is 3.25. The van der Waals surface area contributed by atoms with Gasteiger partial charge in [0.1, 0.15) is 4.60 Å². The van der Waals surface area contributed by atoms with Gasteiger partial charge in [-0.3, -0.25) is 13.9 Å². The number of aryl methyl sites for hydroxylation is 2. The van der Waals surface area contributed by atoms with Crippen LogP contribution in [0.15, 0.2) is 38.8 Å². The lowest BCUT2D eigenvalue weighted by Crippen LogP contribution is -2.39. The van der Waals surface area contributed by atoms with Crippen molar-refractivity contribution in [3.63, 3.8) is 0 Å². The summed E-state index contributed by atoms with van der Waals surface area (Å²) in [6.07, 6.45) is 3.15. The van der Waals surface area contributed by atoms with E-state index in [0.29, 0.717) is 15.8 Å². The van der Waals surface area contributed by atoms with E-state index in [1.54, 1.807) is 30.9 Å². The topological polar surface area (TPSA) is 74.7 Å². The van der Waals surface area contributed by atoms with E-state index >= 15 is 0 Å². The predicted molar refractivity (Wildman–Crippen MR) is 81.3 cm³/mol. The number of rotatable bonds is 2. The fourth-order valence-electron chi connectivity index (χ4n) is 2.22. The van der Waals surface area contributed by atoms with Crippen LogP contribution in [0.25, 0.3) is 11.2 Å². The van der Waals surface area contributed by atoms with Crippen molar-refractivity contribution in [3.8, 4) is 0 Å². The van der Waals surface area contributed by atoms with Crippen molar-refractivity contribution in [2.75, 3.05) is 0 Å². The van der Waals surface area contributed by atoms with E-state index in [0.717, 1.165) is 5.56 Å². The number of halogens is 1. The van der Waals surface area contributed by atoms with Gasteiger partial charge in [0.15, 0.2) is 11.2 Å². The minimum Gasteiger partial charge on any atom is -0.328 e. The molecule has 0 aliphatic rings. The molecule has 0 unspecified atom stereocenters. The first-order valence-electron chi connectivity index (χ1n) is 6.20. The van der Waals surface area contributed by atoms with Crippen molar-refractivity contribution in [2.24, 2.45) is 14.1 Å². The number of hydrogen-bond donors (Lipinski definition) is 0. The first-order chi connectivity index (χ1) is 9.99. The summed E-state index contributed by atoms with van der Waals surface area (Å²) in [6, 6.07) is 3.59. The van der Waals surface area contributed by atoms with Crippen LogP contribution in [0, 0.1) is 0 Å². The molecule has 0 spiro atoms. The normalized spacial score (nSPS) is 11.2. The molecule has 0 aromatic carbocycles. The molecule has 7 nitrogen and oxygen atoms in total. The number of fused-ring (bicyclic) bond motifs is 1. The van der Waals surface area contributed by atoms with Gasteiger partial charge in [0.05, 0.1) is 12.9 Å². The highest BCUT2D eigenvalue weighted by Gasteiger charge is 2.14. The molecule has 0 fully saturated rings. The Morgan fingerprint density at radius 1 is 1.19 bits per heavy atom. The Labute approximate surface area is 127 Å². The lowest BCUT2D eigenvalue weighted by Gasteiger charge is -2.08. The van der Waals surface area contributed by atoms with Crippen LogP contribution in [-0.2, 0) is 20.6 Å². The molecule has 0 atom stereocenters. The summed E-state index contributed by atoms with van der Waals surface area (Å²) in [5.41, 5.74) is 0.823. The Hall–Kier alpha value is -2.22. The molecular weight excluding hydrogens is 338 g/mol. The quantitative estimate of drug-likeness (QED) is 0.636. The fraction of sp³-hybridized carbons (Fsp3) is 0.231. The average molecular weight is 350 g/mol. The van der Waals surface area contributed by atoms with E-state index in [-0.39, 0.29) is 12.1 Å². The third-order valence-corrected chi connectivity index (χ3v) is 3.80. The number of aromatic nitrogens is 5. The summed E-state index contributed by atoms with van der Waals surface area (Å²) in [7, 11) is 3.33. The average Bonchev–Trinajstić information content (AvgIpc) is 2.85. The molecule has 8 heteroatoms. The second-order valence-corrected chi connectivity index (χ2v) is 5.56. The van der Waals surface area contributed by atoms with E-state index in [4.69, 9.17) is 0 Å². The van der Waals surface area contributed by atoms with Crippen LogP contribution in [0.4, 0.5) is 0 Å². The van der Waals surface area contributed by atoms with Gasteiger partial charge in [-0.2, -0.15) is 0 Å². The zero-order valence-corrected chi connectivity index (χ0v) is 13.0. The van der Waals surface area contributed by atoms with E-state index in [1.807, 2.05) is 6.07 Å². The maximum atomic E-state index is 12.5. The van der Waals surface area contributed by atoms with Gasteiger partial charge in [-0.25, -0.2) is 14.8 Å². The molecule has 3 heterocycles. The van der Waals surface area contributed by atoms with Gasteiger partial charge >= 0.3 is 5.69 Å². The Balaban J connectivity index is 2.23. The SMILES string of the molecule is Cn1cnc2c1c(=O)n(Cc1ccc(Br)nc1)c(=O)n2C. The van der Waals surface area contributed by atoms with Gasteiger partial charge in [0, 0.05) is 20.3 Å². The van der Waals surface area contributed by atoms with Crippen molar-refractivity contribution in [1.82, 2.24) is 23.7 Å². The summed E-state index contributed by atoms with van der Waals surface area (Å²) >= 11 is 3.25. The molecule has 0 N–H and O–H groups in total. The fourth-order valence-corrected chi connectivity index (χ4v) is 2.45. The maximum absolute atomic E-state index is 12.5. The molecule has 0 saturated heterocycles. The lowest BCUT2D eigenvalue weighted by molar-refractivity contribution is 0.653.